The van der Waals surface area contributed by atoms with Crippen molar-refractivity contribution in [3.05, 3.63) is 59.2 Å². The molecule has 0 atom stereocenters. The van der Waals surface area contributed by atoms with Gasteiger partial charge in [-0.2, -0.15) is 0 Å². The fourth-order valence-corrected chi connectivity index (χ4v) is 3.64. The highest BCUT2D eigenvalue weighted by Gasteiger charge is 2.17. The van der Waals surface area contributed by atoms with Crippen LogP contribution in [0, 0.1) is 13.8 Å². The fraction of sp³-hybridized carbons (Fsp3) is 0.381. The van der Waals surface area contributed by atoms with Crippen molar-refractivity contribution in [1.82, 2.24) is 10.2 Å². The summed E-state index contributed by atoms with van der Waals surface area (Å²) in [5.41, 5.74) is 10.4. The van der Waals surface area contributed by atoms with E-state index in [0.717, 1.165) is 49.4 Å². The maximum absolute atomic E-state index is 12.5. The Balaban J connectivity index is 1.45. The van der Waals surface area contributed by atoms with Gasteiger partial charge in [-0.05, 0) is 49.2 Å². The highest BCUT2D eigenvalue weighted by Crippen LogP contribution is 2.18. The summed E-state index contributed by atoms with van der Waals surface area (Å²) >= 11 is 0. The number of nitrogen functional groups attached to an aromatic ring is 1. The van der Waals surface area contributed by atoms with E-state index >= 15 is 0 Å². The Morgan fingerprint density at radius 2 is 1.65 bits per heavy atom. The predicted molar refractivity (Wildman–Crippen MR) is 108 cm³/mol. The third kappa shape index (κ3) is 4.35. The number of carbonyl (C=O) groups is 1. The SMILES string of the molecule is Cc1cc(N)cc(C)c1C(=O)NCCN1CCN(c2ccccc2)CC1. The zero-order chi connectivity index (χ0) is 18.5. The Morgan fingerprint density at radius 3 is 2.27 bits per heavy atom. The van der Waals surface area contributed by atoms with E-state index in [-0.39, 0.29) is 5.91 Å². The van der Waals surface area contributed by atoms with Gasteiger partial charge >= 0.3 is 0 Å². The number of rotatable bonds is 5. The Kier molecular flexibility index (Phi) is 5.78. The lowest BCUT2D eigenvalue weighted by molar-refractivity contribution is 0.0946. The van der Waals surface area contributed by atoms with Gasteiger partial charge in [0.1, 0.15) is 0 Å². The summed E-state index contributed by atoms with van der Waals surface area (Å²) in [7, 11) is 0. The second-order valence-corrected chi connectivity index (χ2v) is 6.95. The van der Waals surface area contributed by atoms with E-state index < -0.39 is 0 Å². The van der Waals surface area contributed by atoms with Gasteiger partial charge in [0.05, 0.1) is 0 Å². The van der Waals surface area contributed by atoms with Crippen LogP contribution < -0.4 is 16.0 Å². The van der Waals surface area contributed by atoms with E-state index in [4.69, 9.17) is 5.73 Å². The van der Waals surface area contributed by atoms with Crippen LogP contribution in [0.25, 0.3) is 0 Å². The topological polar surface area (TPSA) is 61.6 Å². The number of hydrogen-bond acceptors (Lipinski definition) is 4. The van der Waals surface area contributed by atoms with Crippen molar-refractivity contribution in [3.63, 3.8) is 0 Å². The van der Waals surface area contributed by atoms with E-state index in [1.807, 2.05) is 32.0 Å². The summed E-state index contributed by atoms with van der Waals surface area (Å²) < 4.78 is 0. The molecule has 1 amide bonds. The third-order valence-electron chi connectivity index (χ3n) is 4.99. The predicted octanol–water partition coefficient (Wildman–Crippen LogP) is 2.44. The summed E-state index contributed by atoms with van der Waals surface area (Å²) in [6.07, 6.45) is 0. The van der Waals surface area contributed by atoms with Crippen LogP contribution in [0.2, 0.25) is 0 Å². The number of carbonyl (C=O) groups excluding carboxylic acids is 1. The van der Waals surface area contributed by atoms with Crippen LogP contribution in [-0.2, 0) is 0 Å². The molecule has 2 aromatic rings. The molecule has 1 aliphatic heterocycles. The van der Waals surface area contributed by atoms with Crippen molar-refractivity contribution < 1.29 is 4.79 Å². The Labute approximate surface area is 155 Å². The number of piperazine rings is 1. The monoisotopic (exact) mass is 352 g/mol. The Hall–Kier alpha value is -2.53. The molecule has 1 fully saturated rings. The maximum atomic E-state index is 12.5. The lowest BCUT2D eigenvalue weighted by Gasteiger charge is -2.36. The molecule has 2 aromatic carbocycles. The molecule has 1 aliphatic rings. The highest BCUT2D eigenvalue weighted by molar-refractivity contribution is 5.97. The average molecular weight is 352 g/mol. The first kappa shape index (κ1) is 18.3. The van der Waals surface area contributed by atoms with E-state index in [9.17, 15) is 4.79 Å². The number of para-hydroxylation sites is 1. The normalized spacial score (nSPS) is 15.1. The van der Waals surface area contributed by atoms with Gasteiger partial charge in [-0.1, -0.05) is 18.2 Å². The molecule has 3 rings (SSSR count). The minimum absolute atomic E-state index is 0.0112. The van der Waals surface area contributed by atoms with Gasteiger partial charge in [-0.25, -0.2) is 0 Å². The van der Waals surface area contributed by atoms with Crippen LogP contribution >= 0.6 is 0 Å². The smallest absolute Gasteiger partial charge is 0.251 e. The van der Waals surface area contributed by atoms with Gasteiger partial charge in [0.25, 0.3) is 5.91 Å². The number of nitrogens with zero attached hydrogens (tertiary/aromatic N) is 2. The molecular formula is C21H28N4O. The number of amides is 1. The molecule has 26 heavy (non-hydrogen) atoms. The van der Waals surface area contributed by atoms with Gasteiger partial charge in [-0.3, -0.25) is 9.69 Å². The van der Waals surface area contributed by atoms with E-state index in [1.54, 1.807) is 0 Å². The molecular weight excluding hydrogens is 324 g/mol. The first-order valence-electron chi connectivity index (χ1n) is 9.22. The quantitative estimate of drug-likeness (QED) is 0.812. The first-order chi connectivity index (χ1) is 12.5. The van der Waals surface area contributed by atoms with Crippen molar-refractivity contribution in [2.45, 2.75) is 13.8 Å². The summed E-state index contributed by atoms with van der Waals surface area (Å²) in [5.74, 6) is -0.0112. The molecule has 5 nitrogen and oxygen atoms in total. The van der Waals surface area contributed by atoms with Crippen molar-refractivity contribution in [2.24, 2.45) is 0 Å². The highest BCUT2D eigenvalue weighted by atomic mass is 16.1. The van der Waals surface area contributed by atoms with E-state index in [2.05, 4.69) is 39.4 Å². The van der Waals surface area contributed by atoms with Crippen molar-refractivity contribution >= 4 is 17.3 Å². The van der Waals surface area contributed by atoms with Gasteiger partial charge in [0.2, 0.25) is 0 Å². The summed E-state index contributed by atoms with van der Waals surface area (Å²) in [6.45, 7) is 9.48. The molecule has 0 aliphatic carbocycles. The third-order valence-corrected chi connectivity index (χ3v) is 4.99. The molecule has 0 aromatic heterocycles. The first-order valence-corrected chi connectivity index (χ1v) is 9.22. The Bertz CT molecular complexity index is 729. The Morgan fingerprint density at radius 1 is 1.04 bits per heavy atom. The number of benzene rings is 2. The maximum Gasteiger partial charge on any atom is 0.251 e. The van der Waals surface area contributed by atoms with Crippen LogP contribution in [0.3, 0.4) is 0 Å². The number of nitrogens with one attached hydrogen (secondary N) is 1. The van der Waals surface area contributed by atoms with Crippen molar-refractivity contribution in [2.75, 3.05) is 49.9 Å². The molecule has 0 saturated carbocycles. The van der Waals surface area contributed by atoms with Gasteiger partial charge in [0.15, 0.2) is 0 Å². The van der Waals surface area contributed by atoms with Gasteiger partial charge in [0, 0.05) is 56.2 Å². The van der Waals surface area contributed by atoms with Crippen LogP contribution in [0.1, 0.15) is 21.5 Å². The van der Waals surface area contributed by atoms with E-state index in [1.165, 1.54) is 5.69 Å². The zero-order valence-electron chi connectivity index (χ0n) is 15.7. The van der Waals surface area contributed by atoms with Crippen LogP contribution in [0.5, 0.6) is 0 Å². The molecule has 138 valence electrons. The van der Waals surface area contributed by atoms with Crippen LogP contribution in [-0.4, -0.2) is 50.1 Å². The minimum Gasteiger partial charge on any atom is -0.399 e. The molecule has 1 heterocycles. The number of aryl methyl sites for hydroxylation is 2. The fourth-order valence-electron chi connectivity index (χ4n) is 3.64. The molecule has 0 radical (unpaired) electrons. The largest absolute Gasteiger partial charge is 0.399 e. The summed E-state index contributed by atoms with van der Waals surface area (Å²) in [6, 6.07) is 14.2. The van der Waals surface area contributed by atoms with Crippen LogP contribution in [0.4, 0.5) is 11.4 Å². The number of anilines is 2. The van der Waals surface area contributed by atoms with Gasteiger partial charge < -0.3 is 16.0 Å². The number of hydrogen-bond donors (Lipinski definition) is 2. The lowest BCUT2D eigenvalue weighted by Crippen LogP contribution is -2.48. The minimum atomic E-state index is -0.0112. The second kappa shape index (κ2) is 8.23. The standard InChI is InChI=1S/C21H28N4O/c1-16-14-18(22)15-17(2)20(16)21(26)23-8-9-24-10-12-25(13-11-24)19-6-4-3-5-7-19/h3-7,14-15H,8-13,22H2,1-2H3,(H,23,26). The van der Waals surface area contributed by atoms with E-state index in [0.29, 0.717) is 12.2 Å². The zero-order valence-corrected chi connectivity index (χ0v) is 15.7. The number of nitrogens with two attached hydrogens (primary N) is 1. The average Bonchev–Trinajstić information content (AvgIpc) is 2.62. The molecule has 0 unspecified atom stereocenters. The van der Waals surface area contributed by atoms with Crippen molar-refractivity contribution in [3.8, 4) is 0 Å². The molecule has 1 saturated heterocycles. The molecule has 3 N–H and O–H groups in total. The molecule has 5 heteroatoms. The van der Waals surface area contributed by atoms with Crippen molar-refractivity contribution in [1.29, 1.82) is 0 Å². The van der Waals surface area contributed by atoms with Gasteiger partial charge in [-0.15, -0.1) is 0 Å². The van der Waals surface area contributed by atoms with Crippen LogP contribution in [0.15, 0.2) is 42.5 Å². The molecule has 0 bridgehead atoms. The second-order valence-electron chi connectivity index (χ2n) is 6.95. The summed E-state index contributed by atoms with van der Waals surface area (Å²) in [5, 5.41) is 3.06. The lowest BCUT2D eigenvalue weighted by atomic mass is 10.0. The summed E-state index contributed by atoms with van der Waals surface area (Å²) in [4.78, 5) is 17.3. The molecule has 0 spiro atoms.